The highest BCUT2D eigenvalue weighted by Gasteiger charge is 2.13. The van der Waals surface area contributed by atoms with E-state index in [1.54, 1.807) is 25.3 Å². The summed E-state index contributed by atoms with van der Waals surface area (Å²) < 4.78 is 5.10. The smallest absolute Gasteiger partial charge is 0.337 e. The van der Waals surface area contributed by atoms with E-state index in [4.69, 9.17) is 15.6 Å². The average molecular weight is 266 g/mol. The number of nitrogen functional groups attached to an aromatic ring is 1. The lowest BCUT2D eigenvalue weighted by Crippen LogP contribution is -2.31. The van der Waals surface area contributed by atoms with E-state index in [-0.39, 0.29) is 11.3 Å². The molecule has 0 unspecified atom stereocenters. The van der Waals surface area contributed by atoms with Crippen LogP contribution in [0.15, 0.2) is 18.2 Å². The molecule has 0 heterocycles. The normalized spacial score (nSPS) is 10.7. The van der Waals surface area contributed by atoms with Crippen molar-refractivity contribution in [2.45, 2.75) is 13.8 Å². The summed E-state index contributed by atoms with van der Waals surface area (Å²) in [5, 5.41) is 8.97. The minimum absolute atomic E-state index is 0.139. The summed E-state index contributed by atoms with van der Waals surface area (Å²) in [6, 6.07) is 5.05. The van der Waals surface area contributed by atoms with Crippen LogP contribution in [0.5, 0.6) is 0 Å². The number of benzene rings is 1. The molecule has 0 amide bonds. The predicted octanol–water partition coefficient (Wildman–Crippen LogP) is 2.08. The molecular weight excluding hydrogens is 244 g/mol. The van der Waals surface area contributed by atoms with Crippen LogP contribution in [0, 0.1) is 5.92 Å². The molecule has 0 radical (unpaired) electrons. The van der Waals surface area contributed by atoms with Gasteiger partial charge >= 0.3 is 5.97 Å². The molecule has 1 rings (SSSR count). The molecule has 5 nitrogen and oxygen atoms in total. The topological polar surface area (TPSA) is 75.8 Å². The van der Waals surface area contributed by atoms with Crippen LogP contribution in [0.1, 0.15) is 24.2 Å². The van der Waals surface area contributed by atoms with Gasteiger partial charge in [-0.15, -0.1) is 0 Å². The zero-order valence-electron chi connectivity index (χ0n) is 11.7. The van der Waals surface area contributed by atoms with Crippen molar-refractivity contribution in [3.05, 3.63) is 23.8 Å². The first-order valence-electron chi connectivity index (χ1n) is 6.32. The van der Waals surface area contributed by atoms with E-state index in [1.807, 2.05) is 0 Å². The molecule has 0 aromatic heterocycles. The molecule has 106 valence electrons. The molecular formula is C14H22N2O3. The zero-order valence-corrected chi connectivity index (χ0v) is 11.7. The third-order valence-electron chi connectivity index (χ3n) is 2.78. The number of hydrogen-bond acceptors (Lipinski definition) is 4. The standard InChI is InChI=1S/C14H22N2O3/c1-10(2)9-16(6-7-19-3)11-4-5-12(14(17)18)13(15)8-11/h4-5,8,10H,6-7,9,15H2,1-3H3,(H,17,18). The Balaban J connectivity index is 2.95. The number of anilines is 2. The highest BCUT2D eigenvalue weighted by Crippen LogP contribution is 2.22. The number of methoxy groups -OCH3 is 1. The fourth-order valence-corrected chi connectivity index (χ4v) is 1.91. The summed E-state index contributed by atoms with van der Waals surface area (Å²) in [4.78, 5) is 13.1. The molecule has 0 aliphatic rings. The SMILES string of the molecule is COCCN(CC(C)C)c1ccc(C(=O)O)c(N)c1. The Morgan fingerprint density at radius 2 is 2.16 bits per heavy atom. The summed E-state index contributed by atoms with van der Waals surface area (Å²) in [6.07, 6.45) is 0. The van der Waals surface area contributed by atoms with Crippen LogP contribution in [0.3, 0.4) is 0 Å². The zero-order chi connectivity index (χ0) is 14.4. The Hall–Kier alpha value is -1.75. The molecule has 0 saturated carbocycles. The van der Waals surface area contributed by atoms with Crippen molar-refractivity contribution < 1.29 is 14.6 Å². The largest absolute Gasteiger partial charge is 0.478 e. The van der Waals surface area contributed by atoms with Gasteiger partial charge in [-0.25, -0.2) is 4.79 Å². The van der Waals surface area contributed by atoms with E-state index in [9.17, 15) is 4.79 Å². The van der Waals surface area contributed by atoms with Crippen molar-refractivity contribution in [1.82, 2.24) is 0 Å². The number of hydrogen-bond donors (Lipinski definition) is 2. The lowest BCUT2D eigenvalue weighted by molar-refractivity contribution is 0.0698. The Labute approximate surface area is 114 Å². The summed E-state index contributed by atoms with van der Waals surface area (Å²) in [5.74, 6) is -0.506. The van der Waals surface area contributed by atoms with Crippen molar-refractivity contribution >= 4 is 17.3 Å². The Kier molecular flexibility index (Phi) is 5.63. The van der Waals surface area contributed by atoms with Crippen LogP contribution in [0.4, 0.5) is 11.4 Å². The van der Waals surface area contributed by atoms with Crippen molar-refractivity contribution in [1.29, 1.82) is 0 Å². The van der Waals surface area contributed by atoms with E-state index in [2.05, 4.69) is 18.7 Å². The molecule has 0 atom stereocenters. The number of carboxylic acids is 1. The average Bonchev–Trinajstić information content (AvgIpc) is 2.33. The van der Waals surface area contributed by atoms with Crippen LogP contribution >= 0.6 is 0 Å². The summed E-state index contributed by atoms with van der Waals surface area (Å²) >= 11 is 0. The van der Waals surface area contributed by atoms with Gasteiger partial charge in [0.1, 0.15) is 0 Å². The second-order valence-electron chi connectivity index (χ2n) is 4.91. The number of ether oxygens (including phenoxy) is 1. The first kappa shape index (κ1) is 15.3. The molecule has 0 aliphatic heterocycles. The molecule has 19 heavy (non-hydrogen) atoms. The third kappa shape index (κ3) is 4.44. The molecule has 1 aromatic rings. The maximum absolute atomic E-state index is 10.9. The minimum atomic E-state index is -1.00. The van der Waals surface area contributed by atoms with Gasteiger partial charge in [0.25, 0.3) is 0 Å². The summed E-state index contributed by atoms with van der Waals surface area (Å²) in [6.45, 7) is 6.51. The predicted molar refractivity (Wildman–Crippen MR) is 76.7 cm³/mol. The summed E-state index contributed by atoms with van der Waals surface area (Å²) in [5.41, 5.74) is 7.13. The second kappa shape index (κ2) is 6.99. The van der Waals surface area contributed by atoms with Gasteiger partial charge in [0.2, 0.25) is 0 Å². The molecule has 5 heteroatoms. The fourth-order valence-electron chi connectivity index (χ4n) is 1.91. The maximum atomic E-state index is 10.9. The van der Waals surface area contributed by atoms with Crippen molar-refractivity contribution in [2.75, 3.05) is 37.4 Å². The highest BCUT2D eigenvalue weighted by atomic mass is 16.5. The van der Waals surface area contributed by atoms with Crippen molar-refractivity contribution in [2.24, 2.45) is 5.92 Å². The third-order valence-corrected chi connectivity index (χ3v) is 2.78. The van der Waals surface area contributed by atoms with Crippen LogP contribution in [0.25, 0.3) is 0 Å². The van der Waals surface area contributed by atoms with E-state index in [0.29, 0.717) is 12.5 Å². The van der Waals surface area contributed by atoms with E-state index in [1.165, 1.54) is 0 Å². The minimum Gasteiger partial charge on any atom is -0.478 e. The van der Waals surface area contributed by atoms with Gasteiger partial charge in [-0.1, -0.05) is 13.8 Å². The van der Waals surface area contributed by atoms with Crippen LogP contribution in [-0.2, 0) is 4.74 Å². The molecule has 3 N–H and O–H groups in total. The first-order valence-corrected chi connectivity index (χ1v) is 6.32. The van der Waals surface area contributed by atoms with Crippen molar-refractivity contribution in [3.63, 3.8) is 0 Å². The lowest BCUT2D eigenvalue weighted by atomic mass is 10.1. The Morgan fingerprint density at radius 3 is 2.63 bits per heavy atom. The quantitative estimate of drug-likeness (QED) is 0.739. The Bertz CT molecular complexity index is 433. The molecule has 1 aromatic carbocycles. The van der Waals surface area contributed by atoms with E-state index < -0.39 is 5.97 Å². The van der Waals surface area contributed by atoms with Crippen LogP contribution < -0.4 is 10.6 Å². The maximum Gasteiger partial charge on any atom is 0.337 e. The van der Waals surface area contributed by atoms with Gasteiger partial charge in [-0.05, 0) is 24.1 Å². The number of nitrogens with two attached hydrogens (primary N) is 1. The number of rotatable bonds is 7. The van der Waals surface area contributed by atoms with Gasteiger partial charge in [0, 0.05) is 31.6 Å². The van der Waals surface area contributed by atoms with Crippen molar-refractivity contribution in [3.8, 4) is 0 Å². The van der Waals surface area contributed by atoms with Crippen LogP contribution in [0.2, 0.25) is 0 Å². The van der Waals surface area contributed by atoms with Gasteiger partial charge in [0.05, 0.1) is 12.2 Å². The second-order valence-corrected chi connectivity index (χ2v) is 4.91. The van der Waals surface area contributed by atoms with Gasteiger partial charge in [-0.2, -0.15) is 0 Å². The molecule has 0 saturated heterocycles. The summed E-state index contributed by atoms with van der Waals surface area (Å²) in [7, 11) is 1.66. The fraction of sp³-hybridized carbons (Fsp3) is 0.500. The number of aromatic carboxylic acids is 1. The van der Waals surface area contributed by atoms with Gasteiger partial charge in [-0.3, -0.25) is 0 Å². The van der Waals surface area contributed by atoms with Gasteiger partial charge in [0.15, 0.2) is 0 Å². The molecule has 0 fully saturated rings. The molecule has 0 bridgehead atoms. The highest BCUT2D eigenvalue weighted by molar-refractivity contribution is 5.94. The number of carbonyl (C=O) groups is 1. The monoisotopic (exact) mass is 266 g/mol. The van der Waals surface area contributed by atoms with E-state index in [0.717, 1.165) is 18.8 Å². The van der Waals surface area contributed by atoms with E-state index >= 15 is 0 Å². The lowest BCUT2D eigenvalue weighted by Gasteiger charge is -2.27. The first-order chi connectivity index (χ1) is 8.95. The van der Waals surface area contributed by atoms with Gasteiger partial charge < -0.3 is 20.5 Å². The molecule has 0 spiro atoms. The van der Waals surface area contributed by atoms with Crippen LogP contribution in [-0.4, -0.2) is 37.9 Å². The number of carboxylic acid groups (broad SMARTS) is 1. The molecule has 0 aliphatic carbocycles. The Morgan fingerprint density at radius 1 is 1.47 bits per heavy atom. The number of nitrogens with zero attached hydrogens (tertiary/aromatic N) is 1.